The summed E-state index contributed by atoms with van der Waals surface area (Å²) in [4.78, 5) is 0. The van der Waals surface area contributed by atoms with Gasteiger partial charge in [-0.3, -0.25) is 0 Å². The number of halogens is 1. The lowest BCUT2D eigenvalue weighted by Gasteiger charge is -2.19. The Balaban J connectivity index is 2.24. The quantitative estimate of drug-likeness (QED) is 0.782. The van der Waals surface area contributed by atoms with Crippen LogP contribution in [0.3, 0.4) is 0 Å². The van der Waals surface area contributed by atoms with Crippen molar-refractivity contribution in [1.82, 2.24) is 0 Å². The van der Waals surface area contributed by atoms with Crippen LogP contribution in [-0.2, 0) is 0 Å². The summed E-state index contributed by atoms with van der Waals surface area (Å²) >= 11 is 3.65. The third kappa shape index (κ3) is 3.38. The van der Waals surface area contributed by atoms with Gasteiger partial charge >= 0.3 is 0 Å². The molecule has 1 nitrogen and oxygen atoms in total. The van der Waals surface area contributed by atoms with E-state index in [0.717, 1.165) is 4.47 Å². The van der Waals surface area contributed by atoms with Crippen molar-refractivity contribution in [2.75, 3.05) is 5.32 Å². The van der Waals surface area contributed by atoms with Gasteiger partial charge in [-0.25, -0.2) is 0 Å². The molecule has 1 unspecified atom stereocenters. The van der Waals surface area contributed by atoms with Crippen molar-refractivity contribution in [3.8, 4) is 0 Å². The molecule has 0 spiro atoms. The second-order valence-corrected chi connectivity index (χ2v) is 6.07. The highest BCUT2D eigenvalue weighted by atomic mass is 79.9. The smallest absolute Gasteiger partial charge is 0.0519 e. The topological polar surface area (TPSA) is 12.0 Å². The van der Waals surface area contributed by atoms with Gasteiger partial charge in [0, 0.05) is 10.5 Å². The van der Waals surface area contributed by atoms with Gasteiger partial charge < -0.3 is 5.32 Å². The summed E-state index contributed by atoms with van der Waals surface area (Å²) in [5, 5.41) is 3.59. The first kappa shape index (κ1) is 14.1. The standard InChI is InChI=1S/C17H20BrN/c1-11-5-7-15(8-6-11)14(4)19-17-13(3)9-12(2)10-16(17)18/h5-10,14,19H,1-4H3. The van der Waals surface area contributed by atoms with E-state index in [1.807, 2.05) is 0 Å². The second-order valence-electron chi connectivity index (χ2n) is 5.22. The predicted octanol–water partition coefficient (Wildman–Crippen LogP) is 5.55. The minimum atomic E-state index is 0.290. The number of rotatable bonds is 3. The summed E-state index contributed by atoms with van der Waals surface area (Å²) < 4.78 is 1.13. The molecule has 0 aliphatic heterocycles. The average molecular weight is 318 g/mol. The monoisotopic (exact) mass is 317 g/mol. The molecule has 100 valence electrons. The average Bonchev–Trinajstić information content (AvgIpc) is 2.34. The molecular formula is C17H20BrN. The van der Waals surface area contributed by atoms with Crippen LogP contribution < -0.4 is 5.32 Å². The zero-order valence-corrected chi connectivity index (χ0v) is 13.5. The fourth-order valence-corrected chi connectivity index (χ4v) is 3.04. The molecule has 0 saturated heterocycles. The van der Waals surface area contributed by atoms with Gasteiger partial charge in [0.2, 0.25) is 0 Å². The summed E-state index contributed by atoms with van der Waals surface area (Å²) in [6.45, 7) is 8.56. The molecule has 19 heavy (non-hydrogen) atoms. The summed E-state index contributed by atoms with van der Waals surface area (Å²) in [6, 6.07) is 13.3. The van der Waals surface area contributed by atoms with Crippen LogP contribution in [-0.4, -0.2) is 0 Å². The van der Waals surface area contributed by atoms with Crippen LogP contribution in [0.4, 0.5) is 5.69 Å². The number of hydrogen-bond acceptors (Lipinski definition) is 1. The summed E-state index contributed by atoms with van der Waals surface area (Å²) in [6.07, 6.45) is 0. The molecule has 0 aromatic heterocycles. The third-order valence-corrected chi connectivity index (χ3v) is 4.00. The fraction of sp³-hybridized carbons (Fsp3) is 0.294. The molecule has 0 saturated carbocycles. The van der Waals surface area contributed by atoms with E-state index < -0.39 is 0 Å². The van der Waals surface area contributed by atoms with E-state index in [1.54, 1.807) is 0 Å². The first-order valence-electron chi connectivity index (χ1n) is 6.57. The second kappa shape index (κ2) is 5.79. The summed E-state index contributed by atoms with van der Waals surface area (Å²) in [5.74, 6) is 0. The maximum Gasteiger partial charge on any atom is 0.0519 e. The summed E-state index contributed by atoms with van der Waals surface area (Å²) in [7, 11) is 0. The lowest BCUT2D eigenvalue weighted by atomic mass is 10.0. The van der Waals surface area contributed by atoms with Crippen molar-refractivity contribution in [2.24, 2.45) is 0 Å². The molecule has 0 aliphatic carbocycles. The van der Waals surface area contributed by atoms with Crippen LogP contribution in [0.2, 0.25) is 0 Å². The van der Waals surface area contributed by atoms with Gasteiger partial charge in [0.15, 0.2) is 0 Å². The van der Waals surface area contributed by atoms with Gasteiger partial charge in [0.05, 0.1) is 5.69 Å². The van der Waals surface area contributed by atoms with Gasteiger partial charge in [-0.2, -0.15) is 0 Å². The number of benzene rings is 2. The Morgan fingerprint density at radius 1 is 0.947 bits per heavy atom. The largest absolute Gasteiger partial charge is 0.377 e. The maximum atomic E-state index is 3.65. The fourth-order valence-electron chi connectivity index (χ4n) is 2.25. The molecule has 2 aromatic carbocycles. The minimum Gasteiger partial charge on any atom is -0.377 e. The van der Waals surface area contributed by atoms with Crippen molar-refractivity contribution in [1.29, 1.82) is 0 Å². The highest BCUT2D eigenvalue weighted by molar-refractivity contribution is 9.10. The minimum absolute atomic E-state index is 0.290. The van der Waals surface area contributed by atoms with Gasteiger partial charge in [-0.1, -0.05) is 35.9 Å². The first-order chi connectivity index (χ1) is 8.97. The highest BCUT2D eigenvalue weighted by Gasteiger charge is 2.10. The molecule has 0 radical (unpaired) electrons. The molecule has 0 fully saturated rings. The van der Waals surface area contributed by atoms with Crippen LogP contribution in [0.25, 0.3) is 0 Å². The van der Waals surface area contributed by atoms with Crippen LogP contribution >= 0.6 is 15.9 Å². The normalized spacial score (nSPS) is 12.3. The number of aryl methyl sites for hydroxylation is 3. The molecule has 2 rings (SSSR count). The van der Waals surface area contributed by atoms with Crippen molar-refractivity contribution in [3.05, 3.63) is 63.1 Å². The molecule has 2 heteroatoms. The van der Waals surface area contributed by atoms with Gasteiger partial charge in [0.25, 0.3) is 0 Å². The molecule has 0 bridgehead atoms. The lowest BCUT2D eigenvalue weighted by Crippen LogP contribution is -2.08. The predicted molar refractivity (Wildman–Crippen MR) is 86.8 cm³/mol. The van der Waals surface area contributed by atoms with E-state index in [9.17, 15) is 0 Å². The number of hydrogen-bond donors (Lipinski definition) is 1. The Labute approximate surface area is 124 Å². The lowest BCUT2D eigenvalue weighted by molar-refractivity contribution is 0.880. The zero-order chi connectivity index (χ0) is 14.0. The Bertz CT molecular complexity index is 549. The molecular weight excluding hydrogens is 298 g/mol. The van der Waals surface area contributed by atoms with Crippen molar-refractivity contribution in [3.63, 3.8) is 0 Å². The van der Waals surface area contributed by atoms with E-state index in [4.69, 9.17) is 0 Å². The highest BCUT2D eigenvalue weighted by Crippen LogP contribution is 2.31. The van der Waals surface area contributed by atoms with Crippen molar-refractivity contribution >= 4 is 21.6 Å². The summed E-state index contributed by atoms with van der Waals surface area (Å²) in [5.41, 5.74) is 6.32. The zero-order valence-electron chi connectivity index (χ0n) is 11.9. The van der Waals surface area contributed by atoms with Gasteiger partial charge in [-0.05, 0) is 66.4 Å². The molecule has 1 atom stereocenters. The van der Waals surface area contributed by atoms with Gasteiger partial charge in [0.1, 0.15) is 0 Å². The van der Waals surface area contributed by atoms with Crippen LogP contribution in [0.1, 0.15) is 35.2 Å². The van der Waals surface area contributed by atoms with Crippen LogP contribution in [0.15, 0.2) is 40.9 Å². The Morgan fingerprint density at radius 2 is 1.58 bits per heavy atom. The van der Waals surface area contributed by atoms with E-state index in [0.29, 0.717) is 6.04 Å². The molecule has 0 aliphatic rings. The first-order valence-corrected chi connectivity index (χ1v) is 7.36. The SMILES string of the molecule is Cc1ccc(C(C)Nc2c(C)cc(C)cc2Br)cc1. The Kier molecular flexibility index (Phi) is 4.31. The Morgan fingerprint density at radius 3 is 2.16 bits per heavy atom. The Hall–Kier alpha value is -1.28. The van der Waals surface area contributed by atoms with E-state index >= 15 is 0 Å². The number of nitrogens with one attached hydrogen (secondary N) is 1. The third-order valence-electron chi connectivity index (χ3n) is 3.37. The molecule has 1 N–H and O–H groups in total. The number of anilines is 1. The van der Waals surface area contributed by atoms with Crippen LogP contribution in [0, 0.1) is 20.8 Å². The maximum absolute atomic E-state index is 3.65. The molecule has 0 heterocycles. The van der Waals surface area contributed by atoms with E-state index in [1.165, 1.54) is 27.9 Å². The van der Waals surface area contributed by atoms with Gasteiger partial charge in [-0.15, -0.1) is 0 Å². The molecule has 0 amide bonds. The van der Waals surface area contributed by atoms with E-state index in [2.05, 4.69) is 85.3 Å². The van der Waals surface area contributed by atoms with Crippen molar-refractivity contribution < 1.29 is 0 Å². The van der Waals surface area contributed by atoms with Crippen molar-refractivity contribution in [2.45, 2.75) is 33.7 Å². The molecule has 2 aromatic rings. The van der Waals surface area contributed by atoms with Crippen LogP contribution in [0.5, 0.6) is 0 Å². The van der Waals surface area contributed by atoms with E-state index in [-0.39, 0.29) is 0 Å².